The third kappa shape index (κ3) is 4.82. The number of H-pyrrole nitrogens is 1. The van der Waals surface area contributed by atoms with E-state index >= 15 is 0 Å². The minimum absolute atomic E-state index is 0.115. The monoisotopic (exact) mass is 459 g/mol. The lowest BCUT2D eigenvalue weighted by Gasteiger charge is -2.24. The van der Waals surface area contributed by atoms with Gasteiger partial charge in [-0.2, -0.15) is 0 Å². The maximum Gasteiger partial charge on any atom is 0.223 e. The highest BCUT2D eigenvalue weighted by molar-refractivity contribution is 6.22. The Kier molecular flexibility index (Phi) is 6.70. The number of halogens is 1. The van der Waals surface area contributed by atoms with Crippen LogP contribution in [0, 0.1) is 5.82 Å². The summed E-state index contributed by atoms with van der Waals surface area (Å²) in [4.78, 5) is 28.2. The highest BCUT2D eigenvalue weighted by atomic mass is 19.1. The van der Waals surface area contributed by atoms with E-state index in [0.29, 0.717) is 46.6 Å². The zero-order valence-corrected chi connectivity index (χ0v) is 19.3. The molecule has 0 spiro atoms. The molecule has 2 N–H and O–H groups in total. The smallest absolute Gasteiger partial charge is 0.223 e. The number of nitrogens with zero attached hydrogens (tertiary/aromatic N) is 4. The maximum atomic E-state index is 13.8. The van der Waals surface area contributed by atoms with Crippen LogP contribution in [0.4, 0.5) is 15.8 Å². The average Bonchev–Trinajstić information content (AvgIpc) is 3.13. The first-order chi connectivity index (χ1) is 16.3. The predicted octanol–water partition coefficient (Wildman–Crippen LogP) is 4.49. The van der Waals surface area contributed by atoms with Crippen molar-refractivity contribution < 1.29 is 14.3 Å². The van der Waals surface area contributed by atoms with Crippen LogP contribution in [0.3, 0.4) is 0 Å². The summed E-state index contributed by atoms with van der Waals surface area (Å²) in [6, 6.07) is 15.4. The first kappa shape index (κ1) is 23.1. The molecule has 8 heteroatoms. The molecule has 174 valence electrons. The Morgan fingerprint density at radius 1 is 1.12 bits per heavy atom. The van der Waals surface area contributed by atoms with Gasteiger partial charge in [0.05, 0.1) is 28.7 Å². The number of nitrogens with one attached hydrogen (secondary N) is 1. The van der Waals surface area contributed by atoms with Crippen LogP contribution in [-0.4, -0.2) is 58.8 Å². The molecule has 1 amide bonds. The van der Waals surface area contributed by atoms with Crippen LogP contribution in [0.15, 0.2) is 72.0 Å². The molecule has 4 aromatic rings. The van der Waals surface area contributed by atoms with Crippen LogP contribution in [0.25, 0.3) is 10.9 Å². The summed E-state index contributed by atoms with van der Waals surface area (Å²) < 4.78 is 13.8. The van der Waals surface area contributed by atoms with E-state index in [9.17, 15) is 14.3 Å². The lowest BCUT2D eigenvalue weighted by atomic mass is 10.0. The van der Waals surface area contributed by atoms with E-state index < -0.39 is 5.82 Å². The van der Waals surface area contributed by atoms with Gasteiger partial charge in [0.15, 0.2) is 5.88 Å². The number of anilines is 1. The Bertz CT molecular complexity index is 1350. The molecule has 0 fully saturated rings. The molecule has 0 saturated carbocycles. The Morgan fingerprint density at radius 2 is 1.88 bits per heavy atom. The summed E-state index contributed by atoms with van der Waals surface area (Å²) in [5.41, 5.74) is 3.22. The molecule has 0 atom stereocenters. The molecular weight excluding hydrogens is 433 g/mol. The second kappa shape index (κ2) is 9.84. The van der Waals surface area contributed by atoms with Gasteiger partial charge in [0.25, 0.3) is 0 Å². The van der Waals surface area contributed by atoms with Crippen molar-refractivity contribution in [3.8, 4) is 5.88 Å². The van der Waals surface area contributed by atoms with Gasteiger partial charge >= 0.3 is 0 Å². The van der Waals surface area contributed by atoms with Crippen molar-refractivity contribution in [2.24, 2.45) is 4.99 Å². The van der Waals surface area contributed by atoms with Gasteiger partial charge in [-0.1, -0.05) is 30.3 Å². The van der Waals surface area contributed by atoms with E-state index in [-0.39, 0.29) is 11.8 Å². The minimum Gasteiger partial charge on any atom is -0.494 e. The molecule has 2 heterocycles. The number of likely N-dealkylation sites (N-methyl/N-ethyl adjacent to an activating group) is 1. The van der Waals surface area contributed by atoms with Gasteiger partial charge in [-0.3, -0.25) is 9.78 Å². The number of amides is 1. The number of aromatic nitrogens is 2. The highest BCUT2D eigenvalue weighted by Crippen LogP contribution is 2.34. The fourth-order valence-corrected chi connectivity index (χ4v) is 3.82. The van der Waals surface area contributed by atoms with Crippen LogP contribution in [0.5, 0.6) is 5.88 Å². The molecule has 0 saturated heterocycles. The SMILES string of the molecule is CC(=O)N(CCN(C)C)c1ccncc1N=C(c1ccccc1)c1c(O)[nH]c2cc(F)ccc12. The first-order valence-corrected chi connectivity index (χ1v) is 10.9. The predicted molar refractivity (Wildman–Crippen MR) is 132 cm³/mol. The number of pyridine rings is 1. The molecule has 0 bridgehead atoms. The van der Waals surface area contributed by atoms with Gasteiger partial charge in [-0.05, 0) is 38.4 Å². The molecule has 0 aliphatic heterocycles. The lowest BCUT2D eigenvalue weighted by molar-refractivity contribution is -0.116. The summed E-state index contributed by atoms with van der Waals surface area (Å²) in [6.45, 7) is 2.67. The molecule has 4 rings (SSSR count). The molecule has 0 aliphatic carbocycles. The third-order valence-corrected chi connectivity index (χ3v) is 5.48. The van der Waals surface area contributed by atoms with Crippen LogP contribution in [0.2, 0.25) is 0 Å². The van der Waals surface area contributed by atoms with Crippen molar-refractivity contribution in [1.29, 1.82) is 0 Å². The quantitative estimate of drug-likeness (QED) is 0.399. The highest BCUT2D eigenvalue weighted by Gasteiger charge is 2.21. The third-order valence-electron chi connectivity index (χ3n) is 5.48. The molecule has 34 heavy (non-hydrogen) atoms. The zero-order valence-electron chi connectivity index (χ0n) is 19.3. The molecule has 0 unspecified atom stereocenters. The Balaban J connectivity index is 1.93. The van der Waals surface area contributed by atoms with Gasteiger partial charge in [0.1, 0.15) is 11.5 Å². The number of fused-ring (bicyclic) bond motifs is 1. The van der Waals surface area contributed by atoms with E-state index in [1.165, 1.54) is 19.1 Å². The van der Waals surface area contributed by atoms with E-state index in [0.717, 1.165) is 5.56 Å². The van der Waals surface area contributed by atoms with Crippen molar-refractivity contribution in [1.82, 2.24) is 14.9 Å². The Morgan fingerprint density at radius 3 is 2.59 bits per heavy atom. The minimum atomic E-state index is -0.411. The molecular formula is C26H26FN5O2. The zero-order chi connectivity index (χ0) is 24.2. The van der Waals surface area contributed by atoms with Crippen molar-refractivity contribution in [2.75, 3.05) is 32.1 Å². The van der Waals surface area contributed by atoms with Gasteiger partial charge in [0.2, 0.25) is 5.91 Å². The van der Waals surface area contributed by atoms with E-state index in [2.05, 4.69) is 9.97 Å². The number of aromatic hydroxyl groups is 1. The fourth-order valence-electron chi connectivity index (χ4n) is 3.82. The summed E-state index contributed by atoms with van der Waals surface area (Å²) in [5.74, 6) is -0.646. The number of rotatable bonds is 7. The largest absolute Gasteiger partial charge is 0.494 e. The number of aromatic amines is 1. The van der Waals surface area contributed by atoms with Crippen LogP contribution >= 0.6 is 0 Å². The van der Waals surface area contributed by atoms with Gasteiger partial charge in [-0.25, -0.2) is 9.38 Å². The van der Waals surface area contributed by atoms with Gasteiger partial charge < -0.3 is 19.9 Å². The van der Waals surface area contributed by atoms with E-state index in [4.69, 9.17) is 4.99 Å². The van der Waals surface area contributed by atoms with Gasteiger partial charge in [0, 0.05) is 37.2 Å². The Hall–Kier alpha value is -4.04. The van der Waals surface area contributed by atoms with Crippen molar-refractivity contribution >= 4 is 33.9 Å². The average molecular weight is 460 g/mol. The maximum absolute atomic E-state index is 13.8. The van der Waals surface area contributed by atoms with Crippen molar-refractivity contribution in [2.45, 2.75) is 6.92 Å². The van der Waals surface area contributed by atoms with E-state index in [1.807, 2.05) is 49.3 Å². The number of aliphatic imine (C=N–C) groups is 1. The topological polar surface area (TPSA) is 84.8 Å². The summed E-state index contributed by atoms with van der Waals surface area (Å²) in [6.07, 6.45) is 3.21. The van der Waals surface area contributed by atoms with Crippen molar-refractivity contribution in [3.63, 3.8) is 0 Å². The molecule has 2 aromatic carbocycles. The molecule has 2 aromatic heterocycles. The molecule has 0 radical (unpaired) electrons. The van der Waals surface area contributed by atoms with Gasteiger partial charge in [-0.15, -0.1) is 0 Å². The van der Waals surface area contributed by atoms with E-state index in [1.54, 1.807) is 29.4 Å². The second-order valence-electron chi connectivity index (χ2n) is 8.20. The number of hydrogen-bond donors (Lipinski definition) is 2. The first-order valence-electron chi connectivity index (χ1n) is 10.9. The number of benzene rings is 2. The normalized spacial score (nSPS) is 11.9. The van der Waals surface area contributed by atoms with Crippen LogP contribution in [-0.2, 0) is 4.79 Å². The lowest BCUT2D eigenvalue weighted by Crippen LogP contribution is -2.35. The van der Waals surface area contributed by atoms with Crippen LogP contribution in [0.1, 0.15) is 18.1 Å². The van der Waals surface area contributed by atoms with Crippen LogP contribution < -0.4 is 4.90 Å². The second-order valence-corrected chi connectivity index (χ2v) is 8.20. The number of carbonyl (C=O) groups excluding carboxylic acids is 1. The number of hydrogen-bond acceptors (Lipinski definition) is 5. The number of carbonyl (C=O) groups is 1. The summed E-state index contributed by atoms with van der Waals surface area (Å²) in [7, 11) is 3.89. The molecule has 0 aliphatic rings. The Labute approximate surface area is 197 Å². The molecule has 7 nitrogen and oxygen atoms in total. The summed E-state index contributed by atoms with van der Waals surface area (Å²) >= 11 is 0. The fraction of sp³-hybridized carbons (Fsp3) is 0.192. The van der Waals surface area contributed by atoms with Crippen molar-refractivity contribution in [3.05, 3.63) is 83.9 Å². The summed E-state index contributed by atoms with van der Waals surface area (Å²) in [5, 5.41) is 11.4. The standard InChI is InChI=1S/C26H26FN5O2/c1-17(33)32(14-13-31(2)3)23-11-12-28-16-22(23)29-25(18-7-5-4-6-8-18)24-20-10-9-19(27)15-21(20)30-26(24)34/h4-12,15-16,30,34H,13-14H2,1-3H3.